The summed E-state index contributed by atoms with van der Waals surface area (Å²) >= 11 is 3.03. The number of halogens is 2. The molecule has 2 aliphatic rings. The lowest BCUT2D eigenvalue weighted by Gasteiger charge is -2.35. The quantitative estimate of drug-likeness (QED) is 0.791. The van der Waals surface area contributed by atoms with Crippen LogP contribution in [0.15, 0.2) is 27.6 Å². The van der Waals surface area contributed by atoms with E-state index in [2.05, 4.69) is 15.9 Å². The smallest absolute Gasteiger partial charge is 0.178 e. The SMILES string of the molecule is O=S(=O)(CC1CCC2(CC1)OCCO2)c1ccc(Br)c(F)c1. The largest absolute Gasteiger partial charge is 0.348 e. The molecule has 0 atom stereocenters. The zero-order valence-corrected chi connectivity index (χ0v) is 14.5. The molecule has 1 saturated carbocycles. The Morgan fingerprint density at radius 3 is 2.45 bits per heavy atom. The summed E-state index contributed by atoms with van der Waals surface area (Å²) < 4.78 is 50.0. The normalized spacial score (nSPS) is 22.3. The number of rotatable bonds is 3. The molecule has 4 nitrogen and oxygen atoms in total. The van der Waals surface area contributed by atoms with Crippen LogP contribution in [0, 0.1) is 11.7 Å². The highest BCUT2D eigenvalue weighted by Crippen LogP contribution is 2.39. The van der Waals surface area contributed by atoms with Crippen LogP contribution in [0.1, 0.15) is 25.7 Å². The summed E-state index contributed by atoms with van der Waals surface area (Å²) in [4.78, 5) is 0.0434. The van der Waals surface area contributed by atoms with Crippen LogP contribution in [-0.4, -0.2) is 33.2 Å². The number of sulfone groups is 1. The fourth-order valence-electron chi connectivity index (χ4n) is 3.15. The Balaban J connectivity index is 1.66. The van der Waals surface area contributed by atoms with Gasteiger partial charge in [-0.15, -0.1) is 0 Å². The van der Waals surface area contributed by atoms with Crippen LogP contribution in [0.4, 0.5) is 4.39 Å². The summed E-state index contributed by atoms with van der Waals surface area (Å²) in [6.07, 6.45) is 2.94. The molecule has 1 aliphatic carbocycles. The predicted molar refractivity (Wildman–Crippen MR) is 82.7 cm³/mol. The average Bonchev–Trinajstić information content (AvgIpc) is 2.93. The van der Waals surface area contributed by atoms with Gasteiger partial charge in [-0.1, -0.05) is 0 Å². The first-order valence-electron chi connectivity index (χ1n) is 7.36. The highest BCUT2D eigenvalue weighted by Gasteiger charge is 2.41. The second-order valence-corrected chi connectivity index (χ2v) is 8.80. The number of benzene rings is 1. The van der Waals surface area contributed by atoms with E-state index in [0.29, 0.717) is 13.2 Å². The molecule has 1 heterocycles. The van der Waals surface area contributed by atoms with Gasteiger partial charge in [0, 0.05) is 12.8 Å². The van der Waals surface area contributed by atoms with Gasteiger partial charge in [-0.05, 0) is 52.9 Å². The lowest BCUT2D eigenvalue weighted by molar-refractivity contribution is -0.181. The summed E-state index contributed by atoms with van der Waals surface area (Å²) in [7, 11) is -3.48. The van der Waals surface area contributed by atoms with Gasteiger partial charge in [0.2, 0.25) is 0 Å². The molecule has 0 radical (unpaired) electrons. The van der Waals surface area contributed by atoms with E-state index >= 15 is 0 Å². The van der Waals surface area contributed by atoms with Crippen LogP contribution in [0.2, 0.25) is 0 Å². The second-order valence-electron chi connectivity index (χ2n) is 5.91. The molecule has 1 spiro atoms. The molecule has 122 valence electrons. The molecular weight excluding hydrogens is 375 g/mol. The fourth-order valence-corrected chi connectivity index (χ4v) is 5.10. The van der Waals surface area contributed by atoms with Crippen molar-refractivity contribution in [2.24, 2.45) is 5.92 Å². The van der Waals surface area contributed by atoms with Crippen LogP contribution in [0.5, 0.6) is 0 Å². The third kappa shape index (κ3) is 3.37. The zero-order valence-electron chi connectivity index (χ0n) is 12.1. The second kappa shape index (κ2) is 6.19. The lowest BCUT2D eigenvalue weighted by Crippen LogP contribution is -2.36. The van der Waals surface area contributed by atoms with E-state index in [1.807, 2.05) is 0 Å². The molecular formula is C15H18BrFO4S. The number of ether oxygens (including phenoxy) is 2. The van der Waals surface area contributed by atoms with E-state index in [4.69, 9.17) is 9.47 Å². The van der Waals surface area contributed by atoms with E-state index in [9.17, 15) is 12.8 Å². The van der Waals surface area contributed by atoms with Crippen molar-refractivity contribution in [1.29, 1.82) is 0 Å². The monoisotopic (exact) mass is 392 g/mol. The first kappa shape index (κ1) is 16.4. The minimum Gasteiger partial charge on any atom is -0.348 e. The third-order valence-electron chi connectivity index (χ3n) is 4.39. The Morgan fingerprint density at radius 2 is 1.86 bits per heavy atom. The van der Waals surface area contributed by atoms with Crippen LogP contribution in [-0.2, 0) is 19.3 Å². The topological polar surface area (TPSA) is 52.6 Å². The van der Waals surface area contributed by atoms with Gasteiger partial charge in [0.05, 0.1) is 28.3 Å². The van der Waals surface area contributed by atoms with Gasteiger partial charge >= 0.3 is 0 Å². The Bertz CT molecular complexity index is 646. The predicted octanol–water partition coefficient (Wildman–Crippen LogP) is 3.30. The molecule has 22 heavy (non-hydrogen) atoms. The molecule has 0 aromatic heterocycles. The molecule has 1 aromatic carbocycles. The van der Waals surface area contributed by atoms with Crippen LogP contribution in [0.3, 0.4) is 0 Å². The van der Waals surface area contributed by atoms with Crippen molar-refractivity contribution in [3.63, 3.8) is 0 Å². The van der Waals surface area contributed by atoms with Gasteiger partial charge < -0.3 is 9.47 Å². The van der Waals surface area contributed by atoms with E-state index in [0.717, 1.165) is 31.7 Å². The van der Waals surface area contributed by atoms with Gasteiger partial charge in [0.25, 0.3) is 0 Å². The van der Waals surface area contributed by atoms with E-state index in [1.54, 1.807) is 0 Å². The van der Waals surface area contributed by atoms with Crippen molar-refractivity contribution >= 4 is 25.8 Å². The van der Waals surface area contributed by atoms with Crippen molar-refractivity contribution < 1.29 is 22.3 Å². The van der Waals surface area contributed by atoms with E-state index < -0.39 is 21.4 Å². The molecule has 0 bridgehead atoms. The van der Waals surface area contributed by atoms with Crippen molar-refractivity contribution in [3.8, 4) is 0 Å². The minimum absolute atomic E-state index is 0.0434. The summed E-state index contributed by atoms with van der Waals surface area (Å²) in [6, 6.07) is 3.95. The standard InChI is InChI=1S/C15H18BrFO4S/c16-13-2-1-12(9-14(13)17)22(18,19)10-11-3-5-15(6-4-11)20-7-8-21-15/h1-2,9,11H,3-8,10H2. The van der Waals surface area contributed by atoms with Gasteiger partial charge in [-0.25, -0.2) is 12.8 Å². The van der Waals surface area contributed by atoms with Crippen LogP contribution < -0.4 is 0 Å². The summed E-state index contributed by atoms with van der Waals surface area (Å²) in [5, 5.41) is 0. The number of hydrogen-bond acceptors (Lipinski definition) is 4. The third-order valence-corrected chi connectivity index (χ3v) is 6.91. The molecule has 0 unspecified atom stereocenters. The summed E-state index contributed by atoms with van der Waals surface area (Å²) in [5.41, 5.74) is 0. The molecule has 1 saturated heterocycles. The maximum atomic E-state index is 13.5. The minimum atomic E-state index is -3.48. The maximum absolute atomic E-state index is 13.5. The van der Waals surface area contributed by atoms with Crippen LogP contribution >= 0.6 is 15.9 Å². The molecule has 2 fully saturated rings. The Labute approximate surface area is 138 Å². The van der Waals surface area contributed by atoms with Crippen LogP contribution in [0.25, 0.3) is 0 Å². The fraction of sp³-hybridized carbons (Fsp3) is 0.600. The highest BCUT2D eigenvalue weighted by molar-refractivity contribution is 9.10. The first-order valence-corrected chi connectivity index (χ1v) is 9.80. The van der Waals surface area contributed by atoms with Gasteiger partial charge in [0.1, 0.15) is 5.82 Å². The molecule has 3 rings (SSSR count). The first-order chi connectivity index (χ1) is 10.4. The highest BCUT2D eigenvalue weighted by atomic mass is 79.9. The van der Waals surface area contributed by atoms with E-state index in [1.165, 1.54) is 12.1 Å². The van der Waals surface area contributed by atoms with Crippen molar-refractivity contribution in [2.75, 3.05) is 19.0 Å². The summed E-state index contributed by atoms with van der Waals surface area (Å²) in [5.74, 6) is -0.930. The van der Waals surface area contributed by atoms with Crippen molar-refractivity contribution in [3.05, 3.63) is 28.5 Å². The Morgan fingerprint density at radius 1 is 1.23 bits per heavy atom. The molecule has 0 N–H and O–H groups in total. The maximum Gasteiger partial charge on any atom is 0.178 e. The Hall–Kier alpha value is -0.500. The zero-order chi connectivity index (χ0) is 15.8. The molecule has 1 aliphatic heterocycles. The average molecular weight is 393 g/mol. The van der Waals surface area contributed by atoms with Gasteiger partial charge in [-0.2, -0.15) is 0 Å². The van der Waals surface area contributed by atoms with Crippen molar-refractivity contribution in [1.82, 2.24) is 0 Å². The van der Waals surface area contributed by atoms with Gasteiger partial charge in [-0.3, -0.25) is 0 Å². The van der Waals surface area contributed by atoms with E-state index in [-0.39, 0.29) is 21.0 Å². The molecule has 1 aromatic rings. The van der Waals surface area contributed by atoms with Crippen molar-refractivity contribution in [2.45, 2.75) is 36.4 Å². The van der Waals surface area contributed by atoms with Gasteiger partial charge in [0.15, 0.2) is 15.6 Å². The number of hydrogen-bond donors (Lipinski definition) is 0. The lowest BCUT2D eigenvalue weighted by atomic mass is 9.86. The molecule has 0 amide bonds. The Kier molecular flexibility index (Phi) is 4.60. The molecule has 7 heteroatoms. The summed E-state index contributed by atoms with van der Waals surface area (Å²) in [6.45, 7) is 1.22.